The lowest BCUT2D eigenvalue weighted by Crippen LogP contribution is -2.19. The fourth-order valence-corrected chi connectivity index (χ4v) is 2.43. The molecule has 0 saturated heterocycles. The molecule has 2 nitrogen and oxygen atoms in total. The predicted octanol–water partition coefficient (Wildman–Crippen LogP) is 3.19. The monoisotopic (exact) mass is 236 g/mol. The van der Waals surface area contributed by atoms with Gasteiger partial charge < -0.3 is 0 Å². The summed E-state index contributed by atoms with van der Waals surface area (Å²) in [5, 5.41) is 0. The van der Waals surface area contributed by atoms with Crippen LogP contribution >= 0.6 is 0 Å². The van der Waals surface area contributed by atoms with Crippen molar-refractivity contribution in [3.05, 3.63) is 65.7 Å². The average Bonchev–Trinajstić information content (AvgIpc) is 2.75. The molecule has 0 N–H and O–H groups in total. The van der Waals surface area contributed by atoms with Crippen molar-refractivity contribution >= 4 is 17.3 Å². The van der Waals surface area contributed by atoms with E-state index in [1.807, 2.05) is 60.0 Å². The number of para-hydroxylation sites is 1. The highest BCUT2D eigenvalue weighted by Crippen LogP contribution is 2.27. The minimum Gasteiger partial charge on any atom is -0.214 e. The molecule has 0 aliphatic carbocycles. The summed E-state index contributed by atoms with van der Waals surface area (Å²) < 4.78 is 1.82. The third-order valence-electron chi connectivity index (χ3n) is 3.28. The smallest absolute Gasteiger partial charge is 0.214 e. The zero-order valence-corrected chi connectivity index (χ0v) is 10.3. The lowest BCUT2D eigenvalue weighted by molar-refractivity contribution is -0.332. The van der Waals surface area contributed by atoms with Gasteiger partial charge in [-0.15, -0.1) is 4.58 Å². The van der Waals surface area contributed by atoms with E-state index in [0.29, 0.717) is 0 Å². The van der Waals surface area contributed by atoms with Gasteiger partial charge in [-0.1, -0.05) is 36.4 Å². The highest BCUT2D eigenvalue weighted by Gasteiger charge is 2.33. The third-order valence-corrected chi connectivity index (χ3v) is 3.28. The minimum absolute atomic E-state index is 0.0538. The Labute approximate surface area is 106 Å². The lowest BCUT2D eigenvalue weighted by Gasteiger charge is -1.99. The van der Waals surface area contributed by atoms with Crippen molar-refractivity contribution in [1.29, 1.82) is 0 Å². The molecule has 1 aliphatic rings. The Balaban J connectivity index is 2.08. The van der Waals surface area contributed by atoms with Gasteiger partial charge in [0.2, 0.25) is 5.69 Å². The maximum absolute atomic E-state index is 12.5. The van der Waals surface area contributed by atoms with Gasteiger partial charge in [-0.2, -0.15) is 0 Å². The van der Waals surface area contributed by atoms with Crippen LogP contribution in [0.1, 0.15) is 22.8 Å². The van der Waals surface area contributed by atoms with Crippen LogP contribution in [0.5, 0.6) is 0 Å². The largest absolute Gasteiger partial charge is 0.425 e. The predicted molar refractivity (Wildman–Crippen MR) is 71.5 cm³/mol. The van der Waals surface area contributed by atoms with Crippen LogP contribution in [-0.2, 0) is 6.42 Å². The second-order valence-electron chi connectivity index (χ2n) is 4.55. The SMILES string of the molecule is CC1=[N+](C(=O)c2ccccc2)c2ccccc2C1. The highest BCUT2D eigenvalue weighted by atomic mass is 16.2. The van der Waals surface area contributed by atoms with Gasteiger partial charge >= 0.3 is 5.91 Å². The number of carbonyl (C=O) groups is 1. The van der Waals surface area contributed by atoms with Crippen LogP contribution < -0.4 is 0 Å². The molecule has 18 heavy (non-hydrogen) atoms. The molecule has 1 aliphatic heterocycles. The van der Waals surface area contributed by atoms with Crippen LogP contribution in [0.15, 0.2) is 54.6 Å². The first-order valence-corrected chi connectivity index (χ1v) is 6.07. The summed E-state index contributed by atoms with van der Waals surface area (Å²) in [5.41, 5.74) is 4.06. The van der Waals surface area contributed by atoms with E-state index in [-0.39, 0.29) is 5.91 Å². The van der Waals surface area contributed by atoms with Crippen LogP contribution in [0.3, 0.4) is 0 Å². The van der Waals surface area contributed by atoms with E-state index in [1.54, 1.807) is 0 Å². The van der Waals surface area contributed by atoms with Gasteiger partial charge in [0, 0.05) is 18.6 Å². The molecule has 88 valence electrons. The molecule has 2 aromatic rings. The Morgan fingerprint density at radius 1 is 1.00 bits per heavy atom. The third kappa shape index (κ3) is 1.66. The molecule has 0 unspecified atom stereocenters. The van der Waals surface area contributed by atoms with Crippen molar-refractivity contribution in [2.24, 2.45) is 0 Å². The van der Waals surface area contributed by atoms with Gasteiger partial charge in [-0.3, -0.25) is 0 Å². The average molecular weight is 236 g/mol. The van der Waals surface area contributed by atoms with E-state index in [0.717, 1.165) is 23.4 Å². The molecule has 0 spiro atoms. The fourth-order valence-electron chi connectivity index (χ4n) is 2.43. The molecule has 3 rings (SSSR count). The first-order chi connectivity index (χ1) is 8.77. The van der Waals surface area contributed by atoms with Gasteiger partial charge in [0.15, 0.2) is 5.71 Å². The number of benzene rings is 2. The molecule has 2 heteroatoms. The highest BCUT2D eigenvalue weighted by molar-refractivity contribution is 5.97. The van der Waals surface area contributed by atoms with Crippen molar-refractivity contribution in [1.82, 2.24) is 0 Å². The summed E-state index contributed by atoms with van der Waals surface area (Å²) in [6.07, 6.45) is 0.856. The standard InChI is InChI=1S/C16H14NO/c1-12-11-14-9-5-6-10-15(14)17(12)16(18)13-7-3-2-4-8-13/h2-10H,11H2,1H3/q+1. The Bertz CT molecular complexity index is 641. The van der Waals surface area contributed by atoms with Gasteiger partial charge in [0.1, 0.15) is 0 Å². The zero-order valence-electron chi connectivity index (χ0n) is 10.3. The number of fused-ring (bicyclic) bond motifs is 1. The van der Waals surface area contributed by atoms with Crippen molar-refractivity contribution in [3.8, 4) is 0 Å². The molecule has 0 atom stereocenters. The second-order valence-corrected chi connectivity index (χ2v) is 4.55. The zero-order chi connectivity index (χ0) is 12.5. The molecular formula is C16H14NO+. The van der Waals surface area contributed by atoms with Crippen molar-refractivity contribution < 1.29 is 9.37 Å². The molecule has 1 heterocycles. The number of amides is 1. The molecule has 0 aromatic heterocycles. The molecule has 0 bridgehead atoms. The summed E-state index contributed by atoms with van der Waals surface area (Å²) in [5.74, 6) is 0.0538. The van der Waals surface area contributed by atoms with Gasteiger partial charge in [-0.05, 0) is 12.1 Å². The number of hydrogen-bond acceptors (Lipinski definition) is 1. The first kappa shape index (κ1) is 10.9. The van der Waals surface area contributed by atoms with E-state index in [4.69, 9.17) is 0 Å². The molecule has 0 saturated carbocycles. The van der Waals surface area contributed by atoms with Gasteiger partial charge in [0.05, 0.1) is 12.0 Å². The summed E-state index contributed by atoms with van der Waals surface area (Å²) in [6.45, 7) is 2.01. The molecule has 0 radical (unpaired) electrons. The van der Waals surface area contributed by atoms with Crippen LogP contribution in [-0.4, -0.2) is 16.2 Å². The first-order valence-electron chi connectivity index (χ1n) is 6.07. The fraction of sp³-hybridized carbons (Fsp3) is 0.125. The number of carbonyl (C=O) groups excluding carboxylic acids is 1. The maximum atomic E-state index is 12.5. The summed E-state index contributed by atoms with van der Waals surface area (Å²) in [7, 11) is 0. The van der Waals surface area contributed by atoms with Crippen LogP contribution in [0, 0.1) is 0 Å². The number of hydrogen-bond donors (Lipinski definition) is 0. The van der Waals surface area contributed by atoms with Crippen molar-refractivity contribution in [2.75, 3.05) is 0 Å². The van der Waals surface area contributed by atoms with E-state index in [9.17, 15) is 4.79 Å². The Morgan fingerprint density at radius 3 is 2.44 bits per heavy atom. The lowest BCUT2D eigenvalue weighted by atomic mass is 10.1. The summed E-state index contributed by atoms with van der Waals surface area (Å²) in [4.78, 5) is 12.5. The van der Waals surface area contributed by atoms with Gasteiger partial charge in [-0.25, -0.2) is 4.79 Å². The van der Waals surface area contributed by atoms with Gasteiger partial charge in [0.25, 0.3) is 0 Å². The van der Waals surface area contributed by atoms with Crippen molar-refractivity contribution in [2.45, 2.75) is 13.3 Å². The Kier molecular flexibility index (Phi) is 2.56. The van der Waals surface area contributed by atoms with E-state index < -0.39 is 0 Å². The van der Waals surface area contributed by atoms with E-state index >= 15 is 0 Å². The molecule has 2 aromatic carbocycles. The molecular weight excluding hydrogens is 222 g/mol. The summed E-state index contributed by atoms with van der Waals surface area (Å²) in [6, 6.07) is 17.5. The van der Waals surface area contributed by atoms with Crippen LogP contribution in [0.4, 0.5) is 5.69 Å². The van der Waals surface area contributed by atoms with E-state index in [1.165, 1.54) is 5.56 Å². The normalized spacial score (nSPS) is 13.6. The van der Waals surface area contributed by atoms with E-state index in [2.05, 4.69) is 6.07 Å². The number of rotatable bonds is 1. The number of nitrogens with zero attached hydrogens (tertiary/aromatic N) is 1. The van der Waals surface area contributed by atoms with Crippen LogP contribution in [0.2, 0.25) is 0 Å². The molecule has 1 amide bonds. The minimum atomic E-state index is 0.0538. The Hall–Kier alpha value is -2.22. The van der Waals surface area contributed by atoms with Crippen LogP contribution in [0.25, 0.3) is 0 Å². The second kappa shape index (κ2) is 4.22. The maximum Gasteiger partial charge on any atom is 0.425 e. The topological polar surface area (TPSA) is 20.1 Å². The quantitative estimate of drug-likeness (QED) is 0.696. The summed E-state index contributed by atoms with van der Waals surface area (Å²) >= 11 is 0. The molecule has 0 fully saturated rings. The van der Waals surface area contributed by atoms with Crippen molar-refractivity contribution in [3.63, 3.8) is 0 Å². The Morgan fingerprint density at radius 2 is 1.67 bits per heavy atom.